The monoisotopic (exact) mass is 307 g/mol. The van der Waals surface area contributed by atoms with Crippen molar-refractivity contribution in [1.82, 2.24) is 5.32 Å². The summed E-state index contributed by atoms with van der Waals surface area (Å²) in [4.78, 5) is 23.5. The highest BCUT2D eigenvalue weighted by atomic mass is 16.5. The Hall–Kier alpha value is -2.04. The van der Waals surface area contributed by atoms with Gasteiger partial charge >= 0.3 is 5.97 Å². The molecule has 0 aliphatic heterocycles. The van der Waals surface area contributed by atoms with Crippen LogP contribution in [0.5, 0.6) is 5.75 Å². The van der Waals surface area contributed by atoms with Crippen LogP contribution in [-0.2, 0) is 20.7 Å². The van der Waals surface area contributed by atoms with E-state index < -0.39 is 6.10 Å². The van der Waals surface area contributed by atoms with Crippen molar-refractivity contribution in [2.24, 2.45) is 5.92 Å². The number of nitrogens with one attached hydrogen (secondary N) is 1. The van der Waals surface area contributed by atoms with Gasteiger partial charge in [0.2, 0.25) is 0 Å². The minimum atomic E-state index is -0.762. The highest BCUT2D eigenvalue weighted by molar-refractivity contribution is 5.83. The van der Waals surface area contributed by atoms with Gasteiger partial charge in [0.15, 0.2) is 6.10 Å². The average Bonchev–Trinajstić information content (AvgIpc) is 2.50. The first-order valence-electron chi connectivity index (χ1n) is 7.52. The number of aryl methyl sites for hydroxylation is 1. The van der Waals surface area contributed by atoms with Gasteiger partial charge in [-0.1, -0.05) is 26.0 Å². The molecule has 22 heavy (non-hydrogen) atoms. The van der Waals surface area contributed by atoms with Gasteiger partial charge in [0, 0.05) is 13.0 Å². The van der Waals surface area contributed by atoms with E-state index in [9.17, 15) is 9.59 Å². The molecule has 5 nitrogen and oxygen atoms in total. The molecular formula is C17H25NO4. The SMILES string of the molecule is COc1ccc(CCC(=O)OC(C)C(=O)NCC(C)C)cc1. The van der Waals surface area contributed by atoms with E-state index in [0.29, 0.717) is 18.9 Å². The molecule has 1 aromatic carbocycles. The van der Waals surface area contributed by atoms with E-state index >= 15 is 0 Å². The lowest BCUT2D eigenvalue weighted by Gasteiger charge is -2.14. The molecule has 0 aromatic heterocycles. The molecule has 122 valence electrons. The zero-order valence-corrected chi connectivity index (χ0v) is 13.7. The first-order valence-corrected chi connectivity index (χ1v) is 7.52. The van der Waals surface area contributed by atoms with Gasteiger partial charge in [0.25, 0.3) is 5.91 Å². The van der Waals surface area contributed by atoms with E-state index in [-0.39, 0.29) is 18.3 Å². The van der Waals surface area contributed by atoms with E-state index in [4.69, 9.17) is 9.47 Å². The number of carbonyl (C=O) groups excluding carboxylic acids is 2. The van der Waals surface area contributed by atoms with Gasteiger partial charge in [-0.2, -0.15) is 0 Å². The minimum absolute atomic E-state index is 0.244. The number of esters is 1. The molecule has 1 rings (SSSR count). The third-order valence-electron chi connectivity index (χ3n) is 3.14. The summed E-state index contributed by atoms with van der Waals surface area (Å²) in [5, 5.41) is 2.74. The van der Waals surface area contributed by atoms with E-state index in [1.165, 1.54) is 0 Å². The Morgan fingerprint density at radius 1 is 1.14 bits per heavy atom. The number of amides is 1. The Morgan fingerprint density at radius 2 is 1.77 bits per heavy atom. The van der Waals surface area contributed by atoms with Crippen LogP contribution < -0.4 is 10.1 Å². The van der Waals surface area contributed by atoms with Crippen molar-refractivity contribution in [3.8, 4) is 5.75 Å². The van der Waals surface area contributed by atoms with E-state index in [1.54, 1.807) is 14.0 Å². The third-order valence-corrected chi connectivity index (χ3v) is 3.14. The Bertz CT molecular complexity index is 482. The Morgan fingerprint density at radius 3 is 2.32 bits per heavy atom. The normalized spacial score (nSPS) is 11.9. The van der Waals surface area contributed by atoms with Crippen molar-refractivity contribution in [2.45, 2.75) is 39.7 Å². The van der Waals surface area contributed by atoms with Gasteiger partial charge in [-0.05, 0) is 37.0 Å². The number of ether oxygens (including phenoxy) is 2. The lowest BCUT2D eigenvalue weighted by Crippen LogP contribution is -2.37. The predicted octanol–water partition coefficient (Wildman–Crippen LogP) is 2.33. The van der Waals surface area contributed by atoms with E-state index in [2.05, 4.69) is 5.32 Å². The molecule has 1 atom stereocenters. The van der Waals surface area contributed by atoms with Crippen LogP contribution in [-0.4, -0.2) is 31.6 Å². The quantitative estimate of drug-likeness (QED) is 0.749. The number of hydrogen-bond donors (Lipinski definition) is 1. The van der Waals surface area contributed by atoms with Crippen LogP contribution in [0.4, 0.5) is 0 Å². The largest absolute Gasteiger partial charge is 0.497 e. The van der Waals surface area contributed by atoms with Gasteiger partial charge in [-0.15, -0.1) is 0 Å². The maximum atomic E-state index is 11.8. The molecule has 0 saturated carbocycles. The van der Waals surface area contributed by atoms with Crippen LogP contribution >= 0.6 is 0 Å². The molecule has 1 unspecified atom stereocenters. The molecule has 0 spiro atoms. The summed E-state index contributed by atoms with van der Waals surface area (Å²) in [6.45, 7) is 6.17. The summed E-state index contributed by atoms with van der Waals surface area (Å²) >= 11 is 0. The summed E-state index contributed by atoms with van der Waals surface area (Å²) in [7, 11) is 1.61. The first-order chi connectivity index (χ1) is 10.4. The van der Waals surface area contributed by atoms with Gasteiger partial charge in [0.05, 0.1) is 7.11 Å². The van der Waals surface area contributed by atoms with Crippen LogP contribution in [0.15, 0.2) is 24.3 Å². The fraction of sp³-hybridized carbons (Fsp3) is 0.529. The molecule has 0 radical (unpaired) electrons. The van der Waals surface area contributed by atoms with Crippen LogP contribution in [0.2, 0.25) is 0 Å². The Labute approximate surface area is 132 Å². The molecule has 1 N–H and O–H groups in total. The van der Waals surface area contributed by atoms with Crippen LogP contribution in [0.25, 0.3) is 0 Å². The van der Waals surface area contributed by atoms with Crippen molar-refractivity contribution in [2.75, 3.05) is 13.7 Å². The second-order valence-corrected chi connectivity index (χ2v) is 5.62. The zero-order valence-electron chi connectivity index (χ0n) is 13.7. The Kier molecular flexibility index (Phi) is 7.43. The lowest BCUT2D eigenvalue weighted by molar-refractivity contribution is -0.154. The van der Waals surface area contributed by atoms with Crippen LogP contribution in [0.1, 0.15) is 32.8 Å². The van der Waals surface area contributed by atoms with E-state index in [0.717, 1.165) is 11.3 Å². The number of hydrogen-bond acceptors (Lipinski definition) is 4. The maximum Gasteiger partial charge on any atom is 0.306 e. The van der Waals surface area contributed by atoms with Crippen molar-refractivity contribution in [1.29, 1.82) is 0 Å². The molecule has 0 aliphatic rings. The summed E-state index contributed by atoms with van der Waals surface area (Å²) in [6, 6.07) is 7.51. The third kappa shape index (κ3) is 6.61. The maximum absolute atomic E-state index is 11.8. The second kappa shape index (κ2) is 9.07. The summed E-state index contributed by atoms with van der Waals surface area (Å²) in [5.74, 6) is 0.512. The first kappa shape index (κ1) is 18.0. The molecular weight excluding hydrogens is 282 g/mol. The fourth-order valence-corrected chi connectivity index (χ4v) is 1.80. The summed E-state index contributed by atoms with van der Waals surface area (Å²) in [6.07, 6.45) is 0.0548. The molecule has 5 heteroatoms. The number of benzene rings is 1. The summed E-state index contributed by atoms with van der Waals surface area (Å²) in [5.41, 5.74) is 1.02. The van der Waals surface area contributed by atoms with Gasteiger partial charge in [-0.25, -0.2) is 0 Å². The molecule has 0 heterocycles. The number of carbonyl (C=O) groups is 2. The molecule has 0 aliphatic carbocycles. The van der Waals surface area contributed by atoms with E-state index in [1.807, 2.05) is 38.1 Å². The molecule has 0 saturated heterocycles. The van der Waals surface area contributed by atoms with Crippen molar-refractivity contribution in [3.05, 3.63) is 29.8 Å². The Balaban J connectivity index is 2.34. The molecule has 1 aromatic rings. The topological polar surface area (TPSA) is 64.6 Å². The molecule has 1 amide bonds. The summed E-state index contributed by atoms with van der Waals surface area (Å²) < 4.78 is 10.2. The van der Waals surface area contributed by atoms with Crippen LogP contribution in [0, 0.1) is 5.92 Å². The van der Waals surface area contributed by atoms with Crippen molar-refractivity contribution in [3.63, 3.8) is 0 Å². The number of methoxy groups -OCH3 is 1. The van der Waals surface area contributed by atoms with Gasteiger partial charge in [-0.3, -0.25) is 9.59 Å². The highest BCUT2D eigenvalue weighted by Gasteiger charge is 2.17. The highest BCUT2D eigenvalue weighted by Crippen LogP contribution is 2.13. The van der Waals surface area contributed by atoms with Crippen molar-refractivity contribution >= 4 is 11.9 Å². The average molecular weight is 307 g/mol. The molecule has 0 fully saturated rings. The van der Waals surface area contributed by atoms with Crippen molar-refractivity contribution < 1.29 is 19.1 Å². The molecule has 0 bridgehead atoms. The van der Waals surface area contributed by atoms with Gasteiger partial charge in [0.1, 0.15) is 5.75 Å². The number of rotatable bonds is 8. The van der Waals surface area contributed by atoms with Crippen LogP contribution in [0.3, 0.4) is 0 Å². The standard InChI is InChI=1S/C17H25NO4/c1-12(2)11-18-17(20)13(3)22-16(19)10-7-14-5-8-15(21-4)9-6-14/h5-6,8-9,12-13H,7,10-11H2,1-4H3,(H,18,20). The lowest BCUT2D eigenvalue weighted by atomic mass is 10.1. The minimum Gasteiger partial charge on any atom is -0.497 e. The zero-order chi connectivity index (χ0) is 16.5. The predicted molar refractivity (Wildman–Crippen MR) is 84.7 cm³/mol. The second-order valence-electron chi connectivity index (χ2n) is 5.62. The smallest absolute Gasteiger partial charge is 0.306 e. The fourth-order valence-electron chi connectivity index (χ4n) is 1.80. The van der Waals surface area contributed by atoms with Gasteiger partial charge < -0.3 is 14.8 Å².